The maximum Gasteiger partial charge on any atom is 0.310 e. The van der Waals surface area contributed by atoms with E-state index in [1.807, 2.05) is 6.92 Å². The summed E-state index contributed by atoms with van der Waals surface area (Å²) in [7, 11) is 1.32. The summed E-state index contributed by atoms with van der Waals surface area (Å²) in [6.07, 6.45) is 5.97. The molecule has 0 amide bonds. The first kappa shape index (κ1) is 17.4. The van der Waals surface area contributed by atoms with Crippen molar-refractivity contribution in [1.29, 1.82) is 0 Å². The molecule has 0 aromatic heterocycles. The first-order valence-electron chi connectivity index (χ1n) is 6.58. The topological polar surface area (TPSA) is 52.6 Å². The lowest BCUT2D eigenvalue weighted by atomic mass is 9.85. The van der Waals surface area contributed by atoms with Crippen molar-refractivity contribution in [1.82, 2.24) is 0 Å². The van der Waals surface area contributed by atoms with Crippen molar-refractivity contribution in [3.05, 3.63) is 25.3 Å². The minimum absolute atomic E-state index is 0.156. The van der Waals surface area contributed by atoms with E-state index in [9.17, 15) is 9.59 Å². The van der Waals surface area contributed by atoms with Crippen LogP contribution < -0.4 is 0 Å². The van der Waals surface area contributed by atoms with Crippen LogP contribution in [-0.2, 0) is 19.1 Å². The highest BCUT2D eigenvalue weighted by molar-refractivity contribution is 5.82. The highest BCUT2D eigenvalue weighted by atomic mass is 16.5. The van der Waals surface area contributed by atoms with Gasteiger partial charge >= 0.3 is 11.9 Å². The fourth-order valence-corrected chi connectivity index (χ4v) is 1.91. The standard InChI is InChI=1S/C15H24O4/c1-5-8-10-13(15(17)19-11-7-3)12(9-6-2)14(16)18-4/h6-7,12-13H,2-3,5,8-11H2,1,4H3/t12-,13+/m0/s1. The smallest absolute Gasteiger partial charge is 0.310 e. The molecule has 0 spiro atoms. The largest absolute Gasteiger partial charge is 0.469 e. The number of ether oxygens (including phenoxy) is 2. The van der Waals surface area contributed by atoms with Crippen LogP contribution in [0.3, 0.4) is 0 Å². The average Bonchev–Trinajstić information content (AvgIpc) is 2.43. The lowest BCUT2D eigenvalue weighted by Gasteiger charge is -2.22. The van der Waals surface area contributed by atoms with E-state index < -0.39 is 17.8 Å². The Morgan fingerprint density at radius 2 is 1.84 bits per heavy atom. The van der Waals surface area contributed by atoms with Crippen molar-refractivity contribution in [3.8, 4) is 0 Å². The van der Waals surface area contributed by atoms with Gasteiger partial charge in [0.15, 0.2) is 0 Å². The van der Waals surface area contributed by atoms with Crippen molar-refractivity contribution < 1.29 is 19.1 Å². The van der Waals surface area contributed by atoms with E-state index >= 15 is 0 Å². The summed E-state index contributed by atoms with van der Waals surface area (Å²) >= 11 is 0. The van der Waals surface area contributed by atoms with E-state index in [0.717, 1.165) is 12.8 Å². The number of allylic oxidation sites excluding steroid dienone is 1. The molecule has 4 nitrogen and oxygen atoms in total. The second-order valence-corrected chi connectivity index (χ2v) is 4.32. The summed E-state index contributed by atoms with van der Waals surface area (Å²) in [6.45, 7) is 9.32. The van der Waals surface area contributed by atoms with Crippen LogP contribution in [0.15, 0.2) is 25.3 Å². The van der Waals surface area contributed by atoms with Crippen molar-refractivity contribution in [2.45, 2.75) is 32.6 Å². The number of unbranched alkanes of at least 4 members (excludes halogenated alkanes) is 1. The fraction of sp³-hybridized carbons (Fsp3) is 0.600. The molecular formula is C15H24O4. The predicted molar refractivity (Wildman–Crippen MR) is 74.5 cm³/mol. The first-order valence-corrected chi connectivity index (χ1v) is 6.58. The summed E-state index contributed by atoms with van der Waals surface area (Å²) in [5.41, 5.74) is 0. The van der Waals surface area contributed by atoms with E-state index in [2.05, 4.69) is 13.2 Å². The van der Waals surface area contributed by atoms with Crippen molar-refractivity contribution in [2.24, 2.45) is 11.8 Å². The van der Waals surface area contributed by atoms with Gasteiger partial charge in [0.05, 0.1) is 18.9 Å². The third kappa shape index (κ3) is 6.22. The molecule has 0 saturated heterocycles. The second-order valence-electron chi connectivity index (χ2n) is 4.32. The molecule has 0 aromatic carbocycles. The number of hydrogen-bond donors (Lipinski definition) is 0. The van der Waals surface area contributed by atoms with Crippen LogP contribution in [-0.4, -0.2) is 25.7 Å². The normalized spacial score (nSPS) is 13.2. The molecule has 0 aliphatic heterocycles. The summed E-state index contributed by atoms with van der Waals surface area (Å²) in [5, 5.41) is 0. The number of carbonyl (C=O) groups excluding carboxylic acids is 2. The van der Waals surface area contributed by atoms with Crippen molar-refractivity contribution in [3.63, 3.8) is 0 Å². The minimum Gasteiger partial charge on any atom is -0.469 e. The molecule has 0 fully saturated rings. The van der Waals surface area contributed by atoms with Gasteiger partial charge < -0.3 is 9.47 Å². The third-order valence-electron chi connectivity index (χ3n) is 2.93. The van der Waals surface area contributed by atoms with Gasteiger partial charge in [-0.1, -0.05) is 38.5 Å². The van der Waals surface area contributed by atoms with E-state index in [1.54, 1.807) is 6.08 Å². The molecule has 108 valence electrons. The number of rotatable bonds is 10. The van der Waals surface area contributed by atoms with Gasteiger partial charge in [0.2, 0.25) is 0 Å². The molecule has 0 aromatic rings. The molecule has 0 heterocycles. The summed E-state index contributed by atoms with van der Waals surface area (Å²) < 4.78 is 9.84. The second kappa shape index (κ2) is 10.4. The number of carbonyl (C=O) groups is 2. The molecule has 0 rings (SSSR count). The Kier molecular flexibility index (Phi) is 9.49. The highest BCUT2D eigenvalue weighted by Crippen LogP contribution is 2.25. The van der Waals surface area contributed by atoms with Crippen molar-refractivity contribution in [2.75, 3.05) is 13.7 Å². The quantitative estimate of drug-likeness (QED) is 0.451. The van der Waals surface area contributed by atoms with E-state index in [0.29, 0.717) is 12.8 Å². The molecule has 0 aliphatic rings. The first-order chi connectivity index (χ1) is 9.12. The summed E-state index contributed by atoms with van der Waals surface area (Å²) in [6, 6.07) is 0. The van der Waals surface area contributed by atoms with Crippen LogP contribution in [0.4, 0.5) is 0 Å². The molecule has 19 heavy (non-hydrogen) atoms. The molecule has 0 radical (unpaired) electrons. The Morgan fingerprint density at radius 1 is 1.16 bits per heavy atom. The van der Waals surface area contributed by atoms with Crippen LogP contribution >= 0.6 is 0 Å². The molecule has 0 bridgehead atoms. The Morgan fingerprint density at radius 3 is 2.32 bits per heavy atom. The molecule has 0 aliphatic carbocycles. The van der Waals surface area contributed by atoms with Crippen LogP contribution in [0.2, 0.25) is 0 Å². The fourth-order valence-electron chi connectivity index (χ4n) is 1.91. The Balaban J connectivity index is 4.92. The van der Waals surface area contributed by atoms with Crippen LogP contribution in [0.1, 0.15) is 32.6 Å². The molecular weight excluding hydrogens is 244 g/mol. The molecule has 2 atom stereocenters. The lowest BCUT2D eigenvalue weighted by molar-refractivity contribution is -0.158. The average molecular weight is 268 g/mol. The van der Waals surface area contributed by atoms with Gasteiger partial charge in [-0.15, -0.1) is 6.58 Å². The lowest BCUT2D eigenvalue weighted by Crippen LogP contribution is -2.32. The van der Waals surface area contributed by atoms with Gasteiger partial charge in [0, 0.05) is 0 Å². The zero-order chi connectivity index (χ0) is 14.7. The van der Waals surface area contributed by atoms with Crippen LogP contribution in [0, 0.1) is 11.8 Å². The van der Waals surface area contributed by atoms with E-state index in [1.165, 1.54) is 13.2 Å². The molecule has 0 saturated carbocycles. The van der Waals surface area contributed by atoms with Gasteiger partial charge in [-0.25, -0.2) is 0 Å². The predicted octanol–water partition coefficient (Wildman–Crippen LogP) is 2.89. The Bertz CT molecular complexity index is 309. The van der Waals surface area contributed by atoms with E-state index in [-0.39, 0.29) is 12.6 Å². The molecule has 4 heteroatoms. The monoisotopic (exact) mass is 268 g/mol. The van der Waals surface area contributed by atoms with Gasteiger partial charge in [-0.3, -0.25) is 9.59 Å². The third-order valence-corrected chi connectivity index (χ3v) is 2.93. The van der Waals surface area contributed by atoms with Crippen LogP contribution in [0.25, 0.3) is 0 Å². The maximum absolute atomic E-state index is 12.0. The number of hydrogen-bond acceptors (Lipinski definition) is 4. The molecule has 0 N–H and O–H groups in total. The van der Waals surface area contributed by atoms with Gasteiger partial charge in [-0.05, 0) is 12.8 Å². The summed E-state index contributed by atoms with van der Waals surface area (Å²) in [4.78, 5) is 23.8. The zero-order valence-corrected chi connectivity index (χ0v) is 11.9. The zero-order valence-electron chi connectivity index (χ0n) is 11.9. The minimum atomic E-state index is -0.522. The highest BCUT2D eigenvalue weighted by Gasteiger charge is 2.34. The van der Waals surface area contributed by atoms with Gasteiger partial charge in [0.1, 0.15) is 6.61 Å². The van der Waals surface area contributed by atoms with Gasteiger partial charge in [0.25, 0.3) is 0 Å². The SMILES string of the molecule is C=CCOC(=O)[C@H](CCCC)[C@H](CC=C)C(=O)OC. The maximum atomic E-state index is 12.0. The number of esters is 2. The van der Waals surface area contributed by atoms with Crippen LogP contribution in [0.5, 0.6) is 0 Å². The van der Waals surface area contributed by atoms with E-state index in [4.69, 9.17) is 9.47 Å². The van der Waals surface area contributed by atoms with Gasteiger partial charge in [-0.2, -0.15) is 0 Å². The van der Waals surface area contributed by atoms with Crippen molar-refractivity contribution >= 4 is 11.9 Å². The molecule has 0 unspecified atom stereocenters. The summed E-state index contributed by atoms with van der Waals surface area (Å²) in [5.74, 6) is -1.76. The Labute approximate surface area is 115 Å². The Hall–Kier alpha value is -1.58. The number of methoxy groups -OCH3 is 1.